The highest BCUT2D eigenvalue weighted by Crippen LogP contribution is 2.48. The van der Waals surface area contributed by atoms with Crippen LogP contribution in [-0.2, 0) is 17.6 Å². The maximum absolute atomic E-state index is 12.3. The highest BCUT2D eigenvalue weighted by molar-refractivity contribution is 5.81. The van der Waals surface area contributed by atoms with Crippen LogP contribution in [-0.4, -0.2) is 17.1 Å². The molecule has 2 atom stereocenters. The van der Waals surface area contributed by atoms with Gasteiger partial charge in [0.05, 0.1) is 5.69 Å². The summed E-state index contributed by atoms with van der Waals surface area (Å²) in [6.07, 6.45) is 9.81. The summed E-state index contributed by atoms with van der Waals surface area (Å²) < 4.78 is 5.62. The number of amides is 1. The highest BCUT2D eigenvalue weighted by Gasteiger charge is 2.49. The van der Waals surface area contributed by atoms with E-state index in [0.717, 1.165) is 36.6 Å². The predicted octanol–water partition coefficient (Wildman–Crippen LogP) is 4.92. The Morgan fingerprint density at radius 3 is 2.54 bits per heavy atom. The first-order valence-corrected chi connectivity index (χ1v) is 10.4. The molecule has 2 aliphatic rings. The molecule has 0 aliphatic heterocycles. The van der Waals surface area contributed by atoms with E-state index in [2.05, 4.69) is 30.4 Å². The Kier molecular flexibility index (Phi) is 5.50. The van der Waals surface area contributed by atoms with Crippen molar-refractivity contribution in [2.45, 2.75) is 92.0 Å². The molecule has 1 aromatic heterocycles. The lowest BCUT2D eigenvalue weighted by atomic mass is 9.57. The third-order valence-corrected chi connectivity index (χ3v) is 6.73. The molecule has 0 spiro atoms. The number of aromatic nitrogens is 1. The summed E-state index contributed by atoms with van der Waals surface area (Å²) in [7, 11) is 0. The Morgan fingerprint density at radius 1 is 1.23 bits per heavy atom. The van der Waals surface area contributed by atoms with Gasteiger partial charge in [-0.1, -0.05) is 71.9 Å². The van der Waals surface area contributed by atoms with Crippen LogP contribution in [0.15, 0.2) is 10.6 Å². The number of carbonyl (C=O) groups is 1. The second-order valence-corrected chi connectivity index (χ2v) is 10.2. The lowest BCUT2D eigenvalue weighted by Gasteiger charge is -2.52. The number of nitrogens with one attached hydrogen (secondary N) is 1. The van der Waals surface area contributed by atoms with Gasteiger partial charge in [-0.2, -0.15) is 0 Å². The molecule has 2 aliphatic carbocycles. The van der Waals surface area contributed by atoms with Crippen molar-refractivity contribution in [3.05, 3.63) is 17.5 Å². The van der Waals surface area contributed by atoms with E-state index >= 15 is 0 Å². The van der Waals surface area contributed by atoms with Gasteiger partial charge < -0.3 is 9.84 Å². The molecule has 0 saturated heterocycles. The first-order chi connectivity index (χ1) is 12.2. The third kappa shape index (κ3) is 4.32. The van der Waals surface area contributed by atoms with Crippen molar-refractivity contribution in [1.82, 2.24) is 10.5 Å². The van der Waals surface area contributed by atoms with Gasteiger partial charge in [0.25, 0.3) is 0 Å². The van der Waals surface area contributed by atoms with Crippen LogP contribution in [0.5, 0.6) is 0 Å². The van der Waals surface area contributed by atoms with E-state index in [1.54, 1.807) is 0 Å². The number of nitrogens with zero attached hydrogens (tertiary/aromatic N) is 1. The molecule has 146 valence electrons. The van der Waals surface area contributed by atoms with Crippen LogP contribution in [0.4, 0.5) is 0 Å². The zero-order valence-corrected chi connectivity index (χ0v) is 17.2. The van der Waals surface area contributed by atoms with E-state index in [1.165, 1.54) is 32.1 Å². The average Bonchev–Trinajstić information content (AvgIpc) is 3.01. The summed E-state index contributed by atoms with van der Waals surface area (Å²) in [4.78, 5) is 12.3. The van der Waals surface area contributed by atoms with Crippen molar-refractivity contribution < 1.29 is 9.32 Å². The van der Waals surface area contributed by atoms with Gasteiger partial charge in [-0.15, -0.1) is 0 Å². The minimum Gasteiger partial charge on any atom is -0.361 e. The fourth-order valence-corrected chi connectivity index (χ4v) is 4.46. The molecule has 0 bridgehead atoms. The smallest absolute Gasteiger partial charge is 0.225 e. The Morgan fingerprint density at radius 2 is 1.92 bits per heavy atom. The first kappa shape index (κ1) is 19.4. The molecule has 0 unspecified atom stereocenters. The Balaban J connectivity index is 1.51. The molecule has 1 aromatic rings. The number of carbonyl (C=O) groups excluding carboxylic acids is 1. The van der Waals surface area contributed by atoms with E-state index in [-0.39, 0.29) is 22.8 Å². The van der Waals surface area contributed by atoms with Gasteiger partial charge in [0.2, 0.25) is 5.91 Å². The second kappa shape index (κ2) is 7.36. The predicted molar refractivity (Wildman–Crippen MR) is 104 cm³/mol. The largest absolute Gasteiger partial charge is 0.361 e. The molecule has 0 radical (unpaired) electrons. The minimum atomic E-state index is -0.332. The van der Waals surface area contributed by atoms with Crippen LogP contribution >= 0.6 is 0 Å². The van der Waals surface area contributed by atoms with Gasteiger partial charge in [-0.3, -0.25) is 4.79 Å². The zero-order valence-electron chi connectivity index (χ0n) is 17.2. The molecule has 1 heterocycles. The SMILES string of the molecule is CC(C)(C)C(=O)N[C@H]1C[C@@H](Cc2cc(CC3CCCCC3)on2)C1(C)C. The molecular formula is C22H36N2O2. The van der Waals surface area contributed by atoms with Gasteiger partial charge in [0.15, 0.2) is 0 Å². The van der Waals surface area contributed by atoms with Crippen molar-refractivity contribution in [2.24, 2.45) is 22.7 Å². The maximum Gasteiger partial charge on any atom is 0.225 e. The number of rotatable bonds is 5. The van der Waals surface area contributed by atoms with Crippen LogP contribution in [0.25, 0.3) is 0 Å². The fourth-order valence-electron chi connectivity index (χ4n) is 4.46. The molecule has 2 saturated carbocycles. The number of hydrogen-bond acceptors (Lipinski definition) is 3. The fraction of sp³-hybridized carbons (Fsp3) is 0.818. The molecule has 3 rings (SSSR count). The van der Waals surface area contributed by atoms with E-state index in [9.17, 15) is 4.79 Å². The van der Waals surface area contributed by atoms with Crippen LogP contribution < -0.4 is 5.32 Å². The summed E-state index contributed by atoms with van der Waals surface area (Å²) in [5, 5.41) is 7.57. The number of hydrogen-bond donors (Lipinski definition) is 1. The quantitative estimate of drug-likeness (QED) is 0.811. The van der Waals surface area contributed by atoms with Crippen LogP contribution in [0.1, 0.15) is 84.6 Å². The minimum absolute atomic E-state index is 0.101. The normalized spacial score (nSPS) is 26.3. The van der Waals surface area contributed by atoms with Gasteiger partial charge >= 0.3 is 0 Å². The van der Waals surface area contributed by atoms with E-state index in [0.29, 0.717) is 5.92 Å². The Bertz CT molecular complexity index is 620. The molecule has 0 aromatic carbocycles. The van der Waals surface area contributed by atoms with Gasteiger partial charge in [-0.25, -0.2) is 0 Å². The van der Waals surface area contributed by atoms with E-state index in [1.807, 2.05) is 20.8 Å². The Labute approximate surface area is 158 Å². The lowest BCUT2D eigenvalue weighted by molar-refractivity contribution is -0.133. The summed E-state index contributed by atoms with van der Waals surface area (Å²) in [5.41, 5.74) is 0.847. The van der Waals surface area contributed by atoms with Crippen LogP contribution in [0.3, 0.4) is 0 Å². The summed E-state index contributed by atoms with van der Waals surface area (Å²) in [6, 6.07) is 2.43. The zero-order chi connectivity index (χ0) is 18.9. The molecule has 26 heavy (non-hydrogen) atoms. The standard InChI is InChI=1S/C22H36N2O2/c1-21(2,3)20(25)23-19-13-16(22(19,4)5)12-17-14-18(26-24-17)11-15-9-7-6-8-10-15/h14-16,19H,6-13H2,1-5H3,(H,23,25)/t16-,19+/m1/s1. The van der Waals surface area contributed by atoms with Crippen molar-refractivity contribution in [3.8, 4) is 0 Å². The van der Waals surface area contributed by atoms with Crippen LogP contribution in [0, 0.1) is 22.7 Å². The highest BCUT2D eigenvalue weighted by atomic mass is 16.5. The summed E-state index contributed by atoms with van der Waals surface area (Å²) in [5.74, 6) is 2.52. The molecule has 1 N–H and O–H groups in total. The van der Waals surface area contributed by atoms with E-state index < -0.39 is 0 Å². The topological polar surface area (TPSA) is 55.1 Å². The molecule has 4 heteroatoms. The monoisotopic (exact) mass is 360 g/mol. The van der Waals surface area contributed by atoms with Crippen LogP contribution in [0.2, 0.25) is 0 Å². The lowest BCUT2D eigenvalue weighted by Crippen LogP contribution is -2.60. The van der Waals surface area contributed by atoms with E-state index in [4.69, 9.17) is 4.52 Å². The molecule has 2 fully saturated rings. The summed E-state index contributed by atoms with van der Waals surface area (Å²) in [6.45, 7) is 10.4. The molecule has 4 nitrogen and oxygen atoms in total. The second-order valence-electron chi connectivity index (χ2n) is 10.2. The molecular weight excluding hydrogens is 324 g/mol. The van der Waals surface area contributed by atoms with Crippen molar-refractivity contribution >= 4 is 5.91 Å². The van der Waals surface area contributed by atoms with Crippen molar-refractivity contribution in [1.29, 1.82) is 0 Å². The van der Waals surface area contributed by atoms with Crippen molar-refractivity contribution in [3.63, 3.8) is 0 Å². The Hall–Kier alpha value is -1.32. The third-order valence-electron chi connectivity index (χ3n) is 6.73. The maximum atomic E-state index is 12.3. The average molecular weight is 361 g/mol. The molecule has 1 amide bonds. The summed E-state index contributed by atoms with van der Waals surface area (Å²) >= 11 is 0. The van der Waals surface area contributed by atoms with Gasteiger partial charge in [0, 0.05) is 23.9 Å². The first-order valence-electron chi connectivity index (χ1n) is 10.4. The van der Waals surface area contributed by atoms with Gasteiger partial charge in [0.1, 0.15) is 5.76 Å². The van der Waals surface area contributed by atoms with Gasteiger partial charge in [-0.05, 0) is 30.1 Å². The van der Waals surface area contributed by atoms with Crippen molar-refractivity contribution in [2.75, 3.05) is 0 Å².